The van der Waals surface area contributed by atoms with E-state index < -0.39 is 11.9 Å². The number of anilines is 1. The summed E-state index contributed by atoms with van der Waals surface area (Å²) in [5, 5.41) is 0.603. The van der Waals surface area contributed by atoms with E-state index in [2.05, 4.69) is 20.8 Å². The molecule has 0 atom stereocenters. The van der Waals surface area contributed by atoms with Crippen LogP contribution in [-0.2, 0) is 0 Å². The molecule has 8 heteroatoms. The van der Waals surface area contributed by atoms with Crippen LogP contribution >= 0.6 is 11.6 Å². The lowest BCUT2D eigenvalue weighted by Gasteiger charge is -2.11. The van der Waals surface area contributed by atoms with Gasteiger partial charge in [0.15, 0.2) is 0 Å². The van der Waals surface area contributed by atoms with Crippen LogP contribution in [0, 0.1) is 5.95 Å². The summed E-state index contributed by atoms with van der Waals surface area (Å²) in [7, 11) is 1.50. The summed E-state index contributed by atoms with van der Waals surface area (Å²) in [6.45, 7) is 0. The Balaban J connectivity index is 1.81. The van der Waals surface area contributed by atoms with Gasteiger partial charge in [0.1, 0.15) is 0 Å². The summed E-state index contributed by atoms with van der Waals surface area (Å²) in [5.74, 6) is -0.631. The van der Waals surface area contributed by atoms with Crippen LogP contribution < -0.4 is 15.6 Å². The zero-order chi connectivity index (χ0) is 18.5. The number of carbonyl (C=O) groups excluding carboxylic acids is 1. The van der Waals surface area contributed by atoms with Crippen molar-refractivity contribution < 1.29 is 13.9 Å². The number of hydrazine groups is 1. The van der Waals surface area contributed by atoms with Crippen molar-refractivity contribution in [3.63, 3.8) is 0 Å². The minimum absolute atomic E-state index is 0.318. The van der Waals surface area contributed by atoms with Crippen LogP contribution in [0.2, 0.25) is 5.02 Å². The number of halogens is 2. The lowest BCUT2D eigenvalue weighted by molar-refractivity contribution is 0.0962. The zero-order valence-electron chi connectivity index (χ0n) is 13.7. The SMILES string of the molecule is COc1ncc(C(=O)NNc2ccc(F)nc2)cc1-c1ccc(Cl)cc1. The topological polar surface area (TPSA) is 76.1 Å². The van der Waals surface area contributed by atoms with Gasteiger partial charge in [0.2, 0.25) is 11.8 Å². The molecule has 0 radical (unpaired) electrons. The molecule has 1 amide bonds. The van der Waals surface area contributed by atoms with Crippen LogP contribution in [0.25, 0.3) is 11.1 Å². The quantitative estimate of drug-likeness (QED) is 0.527. The number of hydrogen-bond donors (Lipinski definition) is 2. The maximum absolute atomic E-state index is 12.8. The van der Waals surface area contributed by atoms with Gasteiger partial charge in [-0.05, 0) is 35.9 Å². The smallest absolute Gasteiger partial charge is 0.271 e. The largest absolute Gasteiger partial charge is 0.481 e. The highest BCUT2D eigenvalue weighted by Gasteiger charge is 2.13. The fourth-order valence-corrected chi connectivity index (χ4v) is 2.35. The molecule has 0 aliphatic rings. The van der Waals surface area contributed by atoms with Crippen LogP contribution in [0.3, 0.4) is 0 Å². The molecule has 0 bridgehead atoms. The molecule has 6 nitrogen and oxygen atoms in total. The van der Waals surface area contributed by atoms with Gasteiger partial charge in [-0.15, -0.1) is 0 Å². The van der Waals surface area contributed by atoms with Gasteiger partial charge in [0.25, 0.3) is 5.91 Å². The number of benzene rings is 1. The van der Waals surface area contributed by atoms with Crippen molar-refractivity contribution >= 4 is 23.2 Å². The molecule has 1 aromatic carbocycles. The van der Waals surface area contributed by atoms with Gasteiger partial charge in [-0.25, -0.2) is 9.97 Å². The summed E-state index contributed by atoms with van der Waals surface area (Å²) in [4.78, 5) is 20.0. The van der Waals surface area contributed by atoms with Gasteiger partial charge >= 0.3 is 0 Å². The number of nitrogens with one attached hydrogen (secondary N) is 2. The first kappa shape index (κ1) is 17.6. The average Bonchev–Trinajstić information content (AvgIpc) is 2.67. The number of carbonyl (C=O) groups is 1. The number of rotatable bonds is 5. The van der Waals surface area contributed by atoms with Crippen molar-refractivity contribution in [3.8, 4) is 17.0 Å². The van der Waals surface area contributed by atoms with Gasteiger partial charge < -0.3 is 4.74 Å². The van der Waals surface area contributed by atoms with Gasteiger partial charge in [-0.2, -0.15) is 4.39 Å². The number of amides is 1. The van der Waals surface area contributed by atoms with E-state index in [-0.39, 0.29) is 0 Å². The van der Waals surface area contributed by atoms with Gasteiger partial charge in [0.05, 0.1) is 24.6 Å². The monoisotopic (exact) mass is 372 g/mol. The average molecular weight is 373 g/mol. The number of ether oxygens (including phenoxy) is 1. The Bertz CT molecular complexity index is 917. The van der Waals surface area contributed by atoms with E-state index in [1.807, 2.05) is 12.1 Å². The molecule has 2 aromatic heterocycles. The third kappa shape index (κ3) is 4.07. The molecule has 0 saturated carbocycles. The summed E-state index contributed by atoms with van der Waals surface area (Å²) in [6.07, 6.45) is 2.67. The number of nitrogens with zero attached hydrogens (tertiary/aromatic N) is 2. The maximum Gasteiger partial charge on any atom is 0.271 e. The molecule has 3 rings (SSSR count). The van der Waals surface area contributed by atoms with Crippen LogP contribution in [0.4, 0.5) is 10.1 Å². The van der Waals surface area contributed by atoms with Gasteiger partial charge in [-0.3, -0.25) is 15.6 Å². The van der Waals surface area contributed by atoms with E-state index in [1.54, 1.807) is 18.2 Å². The Hall–Kier alpha value is -3.19. The molecular formula is C18H14ClFN4O2. The number of methoxy groups -OCH3 is 1. The molecule has 26 heavy (non-hydrogen) atoms. The summed E-state index contributed by atoms with van der Waals surface area (Å²) in [5.41, 5.74) is 7.39. The van der Waals surface area contributed by atoms with Crippen molar-refractivity contribution in [1.29, 1.82) is 0 Å². The Morgan fingerprint density at radius 2 is 1.88 bits per heavy atom. The summed E-state index contributed by atoms with van der Waals surface area (Å²) in [6, 6.07) is 11.4. The van der Waals surface area contributed by atoms with Gasteiger partial charge in [-0.1, -0.05) is 23.7 Å². The van der Waals surface area contributed by atoms with Crippen molar-refractivity contribution in [3.05, 3.63) is 71.4 Å². The predicted octanol–water partition coefficient (Wildman–Crippen LogP) is 3.70. The Kier molecular flexibility index (Phi) is 5.28. The Morgan fingerprint density at radius 1 is 1.12 bits per heavy atom. The second-order valence-electron chi connectivity index (χ2n) is 5.24. The van der Waals surface area contributed by atoms with E-state index in [0.29, 0.717) is 27.7 Å². The molecule has 132 valence electrons. The van der Waals surface area contributed by atoms with E-state index in [4.69, 9.17) is 16.3 Å². The molecule has 0 unspecified atom stereocenters. The molecule has 2 N–H and O–H groups in total. The first-order valence-electron chi connectivity index (χ1n) is 7.54. The first-order valence-corrected chi connectivity index (χ1v) is 7.92. The summed E-state index contributed by atoms with van der Waals surface area (Å²) >= 11 is 5.92. The van der Waals surface area contributed by atoms with Crippen LogP contribution in [0.15, 0.2) is 54.9 Å². The van der Waals surface area contributed by atoms with E-state index in [0.717, 1.165) is 5.56 Å². The molecule has 0 spiro atoms. The fraction of sp³-hybridized carbons (Fsp3) is 0.0556. The molecular weight excluding hydrogens is 359 g/mol. The fourth-order valence-electron chi connectivity index (χ4n) is 2.23. The second kappa shape index (κ2) is 7.79. The lowest BCUT2D eigenvalue weighted by atomic mass is 10.1. The molecule has 3 aromatic rings. The van der Waals surface area contributed by atoms with E-state index in [9.17, 15) is 9.18 Å². The number of hydrogen-bond acceptors (Lipinski definition) is 5. The minimum Gasteiger partial charge on any atom is -0.481 e. The normalized spacial score (nSPS) is 10.3. The van der Waals surface area contributed by atoms with Crippen LogP contribution in [0.1, 0.15) is 10.4 Å². The third-order valence-electron chi connectivity index (χ3n) is 3.51. The maximum atomic E-state index is 12.8. The molecule has 0 aliphatic carbocycles. The van der Waals surface area contributed by atoms with Crippen molar-refractivity contribution in [2.45, 2.75) is 0 Å². The highest BCUT2D eigenvalue weighted by Crippen LogP contribution is 2.29. The van der Waals surface area contributed by atoms with Gasteiger partial charge in [0, 0.05) is 16.8 Å². The van der Waals surface area contributed by atoms with Crippen molar-refractivity contribution in [2.75, 3.05) is 12.5 Å². The number of pyridine rings is 2. The van der Waals surface area contributed by atoms with E-state index >= 15 is 0 Å². The highest BCUT2D eigenvalue weighted by molar-refractivity contribution is 6.30. The summed E-state index contributed by atoms with van der Waals surface area (Å²) < 4.78 is 18.1. The third-order valence-corrected chi connectivity index (χ3v) is 3.76. The first-order chi connectivity index (χ1) is 12.6. The lowest BCUT2D eigenvalue weighted by Crippen LogP contribution is -2.29. The minimum atomic E-state index is -0.603. The molecule has 0 saturated heterocycles. The van der Waals surface area contributed by atoms with Crippen molar-refractivity contribution in [1.82, 2.24) is 15.4 Å². The Labute approximate surface area is 154 Å². The molecule has 0 aliphatic heterocycles. The van der Waals surface area contributed by atoms with E-state index in [1.165, 1.54) is 31.6 Å². The second-order valence-corrected chi connectivity index (χ2v) is 5.67. The zero-order valence-corrected chi connectivity index (χ0v) is 14.4. The van der Waals surface area contributed by atoms with Crippen molar-refractivity contribution in [2.24, 2.45) is 0 Å². The Morgan fingerprint density at radius 3 is 2.54 bits per heavy atom. The molecule has 0 fully saturated rings. The molecule has 2 heterocycles. The van der Waals surface area contributed by atoms with Crippen LogP contribution in [0.5, 0.6) is 5.88 Å². The number of aromatic nitrogens is 2. The van der Waals surface area contributed by atoms with Crippen LogP contribution in [-0.4, -0.2) is 23.0 Å². The standard InChI is InChI=1S/C18H14ClFN4O2/c1-26-18-15(11-2-4-13(19)5-3-11)8-12(9-22-18)17(25)24-23-14-6-7-16(20)21-10-14/h2-10,23H,1H3,(H,24,25). The highest BCUT2D eigenvalue weighted by atomic mass is 35.5. The predicted molar refractivity (Wildman–Crippen MR) is 96.5 cm³/mol.